The first-order chi connectivity index (χ1) is 25.6. The summed E-state index contributed by atoms with van der Waals surface area (Å²) in [5, 5.41) is 12.2. The maximum Gasteiger partial charge on any atom is 0.164 e. The van der Waals surface area contributed by atoms with Gasteiger partial charge in [0.15, 0.2) is 17.5 Å². The van der Waals surface area contributed by atoms with Crippen LogP contribution in [0.2, 0.25) is 0 Å². The van der Waals surface area contributed by atoms with Crippen molar-refractivity contribution in [1.29, 1.82) is 5.26 Å². The third kappa shape index (κ3) is 5.40. The average molecular weight is 671 g/mol. The number of aromatic nitrogens is 3. The lowest BCUT2D eigenvalue weighted by Crippen LogP contribution is -2.48. The monoisotopic (exact) mass is 670 g/mol. The fourth-order valence-corrected chi connectivity index (χ4v) is 10.2. The molecule has 0 atom stereocenters. The topological polar surface area (TPSA) is 62.5 Å². The Morgan fingerprint density at radius 3 is 1.54 bits per heavy atom. The van der Waals surface area contributed by atoms with E-state index in [-0.39, 0.29) is 0 Å². The zero-order chi connectivity index (χ0) is 34.6. The third-order valence-corrected chi connectivity index (χ3v) is 12.1. The molecule has 0 saturated heterocycles. The third-order valence-electron chi connectivity index (χ3n) is 12.1. The molecular weight excluding hydrogens is 633 g/mol. The fourth-order valence-electron chi connectivity index (χ4n) is 10.2. The van der Waals surface area contributed by atoms with Crippen molar-refractivity contribution in [1.82, 2.24) is 15.0 Å². The molecule has 11 rings (SSSR count). The molecule has 0 unspecified atom stereocenters. The van der Waals surface area contributed by atoms with Crippen LogP contribution < -0.4 is 0 Å². The predicted molar refractivity (Wildman–Crippen MR) is 209 cm³/mol. The van der Waals surface area contributed by atoms with E-state index < -0.39 is 0 Å². The molecule has 4 nitrogen and oxygen atoms in total. The normalized spacial score (nSPS) is 21.6. The van der Waals surface area contributed by atoms with Crippen LogP contribution >= 0.6 is 0 Å². The van der Waals surface area contributed by atoms with Crippen LogP contribution in [0.3, 0.4) is 0 Å². The van der Waals surface area contributed by atoms with Crippen LogP contribution in [-0.4, -0.2) is 15.0 Å². The van der Waals surface area contributed by atoms with Gasteiger partial charge in [-0.05, 0) is 131 Å². The number of hydrogen-bond acceptors (Lipinski definition) is 4. The molecule has 0 N–H and O–H groups in total. The summed E-state index contributed by atoms with van der Waals surface area (Å²) in [4.78, 5) is 15.2. The Bertz CT molecular complexity index is 2400. The maximum atomic E-state index is 9.54. The van der Waals surface area contributed by atoms with Crippen LogP contribution in [0.1, 0.15) is 49.7 Å². The molecule has 4 aliphatic rings. The molecule has 7 aromatic rings. The molecule has 4 aliphatic carbocycles. The second kappa shape index (κ2) is 12.4. The van der Waals surface area contributed by atoms with Gasteiger partial charge in [-0.2, -0.15) is 5.26 Å². The summed E-state index contributed by atoms with van der Waals surface area (Å²) in [5.41, 5.74) is 9.73. The number of hydrogen-bond donors (Lipinski definition) is 0. The van der Waals surface area contributed by atoms with E-state index in [1.54, 1.807) is 5.56 Å². The Labute approximate surface area is 304 Å². The van der Waals surface area contributed by atoms with E-state index in [0.717, 1.165) is 51.1 Å². The Morgan fingerprint density at radius 2 is 0.962 bits per heavy atom. The van der Waals surface area contributed by atoms with Gasteiger partial charge in [0.05, 0.1) is 11.6 Å². The lowest BCUT2D eigenvalue weighted by atomic mass is 9.47. The van der Waals surface area contributed by atoms with Crippen LogP contribution in [0.15, 0.2) is 140 Å². The molecule has 250 valence electrons. The van der Waals surface area contributed by atoms with Crippen molar-refractivity contribution >= 4 is 10.8 Å². The molecule has 1 aromatic heterocycles. The standard InChI is InChI=1S/C48H38N4/c49-30-31-15-17-35(18-16-31)38-24-39(26-40(25-38)47-51-45(36-9-3-1-4-10-36)50-46(52-47)37-11-5-2-6-12-37)41-19-20-44(43-14-8-7-13-42(41)43)48-27-32-21-33(28-48)23-34(22-32)29-48/h1-20,24-26,32-34H,21-23,27-29H2/t32-,33+,34?,48?. The summed E-state index contributed by atoms with van der Waals surface area (Å²) in [6.45, 7) is 0. The Morgan fingerprint density at radius 1 is 0.462 bits per heavy atom. The maximum absolute atomic E-state index is 9.54. The molecule has 0 radical (unpaired) electrons. The zero-order valence-corrected chi connectivity index (χ0v) is 29.0. The molecule has 4 heteroatoms. The number of rotatable bonds is 6. The minimum Gasteiger partial charge on any atom is -0.208 e. The van der Waals surface area contributed by atoms with Gasteiger partial charge in [-0.3, -0.25) is 0 Å². The largest absolute Gasteiger partial charge is 0.208 e. The average Bonchev–Trinajstić information content (AvgIpc) is 3.20. The van der Waals surface area contributed by atoms with Crippen LogP contribution in [0.4, 0.5) is 0 Å². The number of nitriles is 1. The zero-order valence-electron chi connectivity index (χ0n) is 29.0. The van der Waals surface area contributed by atoms with Gasteiger partial charge in [0.25, 0.3) is 0 Å². The van der Waals surface area contributed by atoms with Crippen molar-refractivity contribution in [2.75, 3.05) is 0 Å². The van der Waals surface area contributed by atoms with Crippen molar-refractivity contribution in [2.24, 2.45) is 17.8 Å². The fraction of sp³-hybridized carbons (Fsp3) is 0.208. The predicted octanol–water partition coefficient (Wildman–Crippen LogP) is 11.7. The SMILES string of the molecule is N#Cc1ccc(-c2cc(-c3nc(-c4ccccc4)nc(-c4ccccc4)n3)cc(-c3ccc(C45CC6C[C@H](C4)C[C@@H](C6)C5)c4ccccc34)c2)cc1. The van der Waals surface area contributed by atoms with Crippen LogP contribution in [0, 0.1) is 29.1 Å². The first-order valence-corrected chi connectivity index (χ1v) is 18.7. The van der Waals surface area contributed by atoms with Crippen LogP contribution in [0.25, 0.3) is 67.2 Å². The van der Waals surface area contributed by atoms with E-state index in [1.165, 1.54) is 54.9 Å². The summed E-state index contributed by atoms with van der Waals surface area (Å²) >= 11 is 0. The summed E-state index contributed by atoms with van der Waals surface area (Å²) in [6.07, 6.45) is 8.34. The minimum absolute atomic E-state index is 0.301. The quantitative estimate of drug-likeness (QED) is 0.177. The van der Waals surface area contributed by atoms with E-state index in [0.29, 0.717) is 28.5 Å². The summed E-state index contributed by atoms with van der Waals surface area (Å²) in [7, 11) is 0. The number of benzene rings is 6. The highest BCUT2D eigenvalue weighted by molar-refractivity contribution is 6.00. The van der Waals surface area contributed by atoms with Gasteiger partial charge in [-0.15, -0.1) is 0 Å². The van der Waals surface area contributed by atoms with Crippen LogP contribution in [-0.2, 0) is 5.41 Å². The van der Waals surface area contributed by atoms with Crippen molar-refractivity contribution < 1.29 is 0 Å². The summed E-state index contributed by atoms with van der Waals surface area (Å²) in [6, 6.07) is 51.0. The Hall–Kier alpha value is -5.92. The Kier molecular flexibility index (Phi) is 7.35. The highest BCUT2D eigenvalue weighted by Gasteiger charge is 2.52. The van der Waals surface area contributed by atoms with Gasteiger partial charge >= 0.3 is 0 Å². The van der Waals surface area contributed by atoms with Gasteiger partial charge in [0.1, 0.15) is 0 Å². The van der Waals surface area contributed by atoms with E-state index in [1.807, 2.05) is 84.9 Å². The van der Waals surface area contributed by atoms with E-state index >= 15 is 0 Å². The van der Waals surface area contributed by atoms with E-state index in [2.05, 4.69) is 60.7 Å². The first-order valence-electron chi connectivity index (χ1n) is 18.7. The molecule has 0 spiro atoms. The molecule has 0 aliphatic heterocycles. The van der Waals surface area contributed by atoms with Gasteiger partial charge in [-0.25, -0.2) is 15.0 Å². The molecule has 4 saturated carbocycles. The highest BCUT2D eigenvalue weighted by atomic mass is 15.0. The molecule has 4 fully saturated rings. The molecule has 4 bridgehead atoms. The van der Waals surface area contributed by atoms with Crippen molar-refractivity contribution in [2.45, 2.75) is 43.9 Å². The number of nitrogens with zero attached hydrogens (tertiary/aromatic N) is 4. The second-order valence-corrected chi connectivity index (χ2v) is 15.4. The molecule has 0 amide bonds. The van der Waals surface area contributed by atoms with E-state index in [4.69, 9.17) is 15.0 Å². The van der Waals surface area contributed by atoms with Crippen molar-refractivity contribution in [3.05, 3.63) is 151 Å². The molecular formula is C48H38N4. The Balaban J connectivity index is 1.17. The van der Waals surface area contributed by atoms with Gasteiger partial charge in [0.2, 0.25) is 0 Å². The van der Waals surface area contributed by atoms with Crippen molar-refractivity contribution in [3.63, 3.8) is 0 Å². The van der Waals surface area contributed by atoms with Crippen molar-refractivity contribution in [3.8, 4) is 62.5 Å². The van der Waals surface area contributed by atoms with Gasteiger partial charge in [-0.1, -0.05) is 109 Å². The first kappa shape index (κ1) is 30.9. The minimum atomic E-state index is 0.301. The summed E-state index contributed by atoms with van der Waals surface area (Å²) < 4.78 is 0. The lowest BCUT2D eigenvalue weighted by Gasteiger charge is -2.57. The van der Waals surface area contributed by atoms with E-state index in [9.17, 15) is 5.26 Å². The van der Waals surface area contributed by atoms with Gasteiger partial charge < -0.3 is 0 Å². The van der Waals surface area contributed by atoms with Crippen LogP contribution in [0.5, 0.6) is 0 Å². The molecule has 1 heterocycles. The molecule has 52 heavy (non-hydrogen) atoms. The molecule has 6 aromatic carbocycles. The number of fused-ring (bicyclic) bond motifs is 1. The highest BCUT2D eigenvalue weighted by Crippen LogP contribution is 2.61. The lowest BCUT2D eigenvalue weighted by molar-refractivity contribution is -0.00449. The second-order valence-electron chi connectivity index (χ2n) is 15.4. The smallest absolute Gasteiger partial charge is 0.164 e. The summed E-state index contributed by atoms with van der Waals surface area (Å²) in [5.74, 6) is 4.56. The van der Waals surface area contributed by atoms with Gasteiger partial charge in [0, 0.05) is 16.7 Å².